The average molecular weight is 1230 g/mol. The van der Waals surface area contributed by atoms with Crippen LogP contribution in [0.25, 0.3) is 44.1 Å². The lowest BCUT2D eigenvalue weighted by Gasteiger charge is -2.17. The van der Waals surface area contributed by atoms with Crippen molar-refractivity contribution in [1.29, 1.82) is 0 Å². The second-order valence-corrected chi connectivity index (χ2v) is 26.6. The molecule has 0 spiro atoms. The zero-order valence-corrected chi connectivity index (χ0v) is 54.1. The molecule has 0 radical (unpaired) electrons. The first-order valence-corrected chi connectivity index (χ1v) is 29.9. The average Bonchev–Trinajstić information content (AvgIpc) is 1.68. The van der Waals surface area contributed by atoms with E-state index in [2.05, 4.69) is 145 Å². The smallest absolute Gasteiger partial charge is 0.255 e. The van der Waals surface area contributed by atoms with E-state index in [1.165, 1.54) is 5.56 Å². The predicted octanol–water partition coefficient (Wildman–Crippen LogP) is 15.2. The summed E-state index contributed by atoms with van der Waals surface area (Å²) in [5.74, 6) is -0.692. The number of nitrogen functional groups attached to an aromatic ring is 3. The number of fused-ring (bicyclic) bond motifs is 4. The molecule has 0 aliphatic carbocycles. The molecule has 0 aliphatic rings. The lowest BCUT2D eigenvalue weighted by Crippen LogP contribution is -2.13. The molecule has 13 N–H and O–H groups in total. The lowest BCUT2D eigenvalue weighted by molar-refractivity contribution is 0.101. The first-order chi connectivity index (χ1) is 43.4. The number of nitrogens with zero attached hydrogens (tertiary/aromatic N) is 5. The molecule has 0 bridgehead atoms. The Morgan fingerprint density at radius 3 is 1.30 bits per heavy atom. The number of benzene rings is 5. The molecule has 5 aromatic carbocycles. The number of aromatic amines is 3. The Morgan fingerprint density at radius 1 is 0.424 bits per heavy atom. The van der Waals surface area contributed by atoms with E-state index >= 15 is 0 Å². The molecule has 0 aliphatic heterocycles. The van der Waals surface area contributed by atoms with Crippen LogP contribution in [0.2, 0.25) is 0 Å². The Bertz CT molecular complexity index is 4020. The van der Waals surface area contributed by atoms with E-state index < -0.39 is 0 Å². The molecule has 92 heavy (non-hydrogen) atoms. The third kappa shape index (κ3) is 16.0. The highest BCUT2D eigenvalue weighted by Crippen LogP contribution is 2.35. The number of aromatic nitrogens is 8. The highest BCUT2D eigenvalue weighted by Gasteiger charge is 2.24. The minimum Gasteiger partial charge on any atom is -0.446 e. The van der Waals surface area contributed by atoms with Crippen molar-refractivity contribution in [3.05, 3.63) is 215 Å². The molecule has 4 amide bonds. The van der Waals surface area contributed by atoms with Gasteiger partial charge in [-0.15, -0.1) is 0 Å². The van der Waals surface area contributed by atoms with Gasteiger partial charge in [0.25, 0.3) is 23.6 Å². The Hall–Kier alpha value is -11.2. The number of hydrogen-bond donors (Lipinski definition) is 10. The zero-order chi connectivity index (χ0) is 66.5. The molecule has 0 fully saturated rings. The Balaban J connectivity index is 0.000000145. The summed E-state index contributed by atoms with van der Waals surface area (Å²) in [6.07, 6.45) is 8.59. The van der Waals surface area contributed by atoms with E-state index in [1.54, 1.807) is 97.7 Å². The quantitative estimate of drug-likeness (QED) is 0.0634. The Kier molecular flexibility index (Phi) is 18.8. The number of hydrogen-bond acceptors (Lipinski definition) is 13. The molecule has 12 aromatic rings. The molecule has 0 atom stereocenters. The summed E-state index contributed by atoms with van der Waals surface area (Å²) in [5, 5.41) is 30.1. The van der Waals surface area contributed by atoms with Gasteiger partial charge in [0.05, 0.1) is 53.1 Å². The summed E-state index contributed by atoms with van der Waals surface area (Å²) in [4.78, 5) is 65.4. The van der Waals surface area contributed by atoms with Gasteiger partial charge in [0.2, 0.25) is 5.71 Å². The topological polar surface area (TPSA) is 319 Å². The van der Waals surface area contributed by atoms with Crippen LogP contribution in [0.15, 0.2) is 169 Å². The Labute approximate surface area is 534 Å². The number of anilines is 7. The molecule has 7 heterocycles. The third-order valence-corrected chi connectivity index (χ3v) is 14.9. The number of furan rings is 1. The molecule has 472 valence electrons. The van der Waals surface area contributed by atoms with E-state index in [9.17, 15) is 19.2 Å². The number of H-pyrrole nitrogens is 3. The number of aryl methyl sites for hydroxylation is 1. The molecular weight excluding hydrogens is 1150 g/mol. The van der Waals surface area contributed by atoms with Crippen LogP contribution >= 0.6 is 0 Å². The maximum atomic E-state index is 12.3. The summed E-state index contributed by atoms with van der Waals surface area (Å²) >= 11 is 0. The van der Waals surface area contributed by atoms with E-state index in [1.807, 2.05) is 73.8 Å². The van der Waals surface area contributed by atoms with Crippen LogP contribution in [-0.2, 0) is 21.7 Å². The van der Waals surface area contributed by atoms with Crippen LogP contribution in [0.3, 0.4) is 0 Å². The molecule has 12 rings (SSSR count). The summed E-state index contributed by atoms with van der Waals surface area (Å²) < 4.78 is 5.51. The predicted molar refractivity (Wildman–Crippen MR) is 370 cm³/mol. The van der Waals surface area contributed by atoms with Gasteiger partial charge in [-0.1, -0.05) is 101 Å². The van der Waals surface area contributed by atoms with Gasteiger partial charge in [-0.05, 0) is 145 Å². The van der Waals surface area contributed by atoms with Gasteiger partial charge in [0, 0.05) is 94.8 Å². The van der Waals surface area contributed by atoms with E-state index in [4.69, 9.17) is 21.6 Å². The normalized spacial score (nSPS) is 11.6. The van der Waals surface area contributed by atoms with Crippen molar-refractivity contribution >= 4 is 108 Å². The van der Waals surface area contributed by atoms with Crippen molar-refractivity contribution in [2.45, 2.75) is 112 Å². The highest BCUT2D eigenvalue weighted by atomic mass is 16.3. The summed E-state index contributed by atoms with van der Waals surface area (Å²) in [6.45, 7) is 27.5. The summed E-state index contributed by atoms with van der Waals surface area (Å²) in [6, 6.07) is 39.4. The van der Waals surface area contributed by atoms with Crippen LogP contribution in [0.4, 0.5) is 39.8 Å². The largest absolute Gasteiger partial charge is 0.446 e. The van der Waals surface area contributed by atoms with Gasteiger partial charge in [0.1, 0.15) is 5.65 Å². The molecule has 0 saturated heterocycles. The maximum absolute atomic E-state index is 12.3. The van der Waals surface area contributed by atoms with E-state index in [-0.39, 0.29) is 45.3 Å². The van der Waals surface area contributed by atoms with Gasteiger partial charge >= 0.3 is 0 Å². The van der Waals surface area contributed by atoms with Crippen LogP contribution < -0.4 is 38.5 Å². The molecular formula is C72H79N15O5. The minimum atomic E-state index is -0.202. The van der Waals surface area contributed by atoms with Gasteiger partial charge in [-0.2, -0.15) is 10.2 Å². The van der Waals surface area contributed by atoms with Crippen molar-refractivity contribution in [2.24, 2.45) is 0 Å². The van der Waals surface area contributed by atoms with E-state index in [0.717, 1.165) is 60.9 Å². The highest BCUT2D eigenvalue weighted by molar-refractivity contribution is 6.07. The van der Waals surface area contributed by atoms with Crippen LogP contribution in [0.5, 0.6) is 0 Å². The van der Waals surface area contributed by atoms with Crippen molar-refractivity contribution in [3.63, 3.8) is 0 Å². The molecule has 20 heteroatoms. The molecule has 7 aromatic heterocycles. The van der Waals surface area contributed by atoms with Gasteiger partial charge < -0.3 is 47.9 Å². The van der Waals surface area contributed by atoms with Crippen molar-refractivity contribution < 1.29 is 23.6 Å². The fraction of sp³-hybridized carbons (Fsp3) is 0.236. The third-order valence-electron chi connectivity index (χ3n) is 14.9. The number of amides is 4. The van der Waals surface area contributed by atoms with Crippen LogP contribution in [0, 0.1) is 6.92 Å². The fourth-order valence-corrected chi connectivity index (χ4v) is 9.88. The number of carbonyl (C=O) groups excluding carboxylic acids is 4. The van der Waals surface area contributed by atoms with Crippen molar-refractivity contribution in [2.75, 3.05) is 38.5 Å². The SMILES string of the molecule is CC(C)(C)c1[nH]nc2ccc(NC(=O)c3ccc(N)cc3)cc12.CC(C)(C)c1[nH]nc2ncc(NC(=O)c3ccc(N)cc3)cc12.CC(C)(C)c1c[nH]c2ncc(NC(=O)c3ccc(N)cc3)cc12.Cc1ccc(C(=O)Nc2cnc3occ(C(C)(C)C)c3c2)cc1. The van der Waals surface area contributed by atoms with Crippen LogP contribution in [0.1, 0.15) is 153 Å². The first-order valence-electron chi connectivity index (χ1n) is 29.9. The fourth-order valence-electron chi connectivity index (χ4n) is 9.88. The number of carbonyl (C=O) groups is 4. The van der Waals surface area contributed by atoms with Gasteiger partial charge in [0.15, 0.2) is 5.65 Å². The summed E-state index contributed by atoms with van der Waals surface area (Å²) in [5.41, 5.74) is 32.0. The molecule has 20 nitrogen and oxygen atoms in total. The van der Waals surface area contributed by atoms with Crippen LogP contribution in [-0.4, -0.2) is 64.0 Å². The van der Waals surface area contributed by atoms with Gasteiger partial charge in [-0.25, -0.2) is 15.0 Å². The first kappa shape index (κ1) is 65.3. The lowest BCUT2D eigenvalue weighted by atomic mass is 9.87. The minimum absolute atomic E-state index is 0.000477. The van der Waals surface area contributed by atoms with Crippen molar-refractivity contribution in [1.82, 2.24) is 40.3 Å². The van der Waals surface area contributed by atoms with Crippen molar-refractivity contribution in [3.8, 4) is 0 Å². The number of rotatable bonds is 8. The monoisotopic (exact) mass is 1230 g/mol. The molecule has 0 saturated carbocycles. The Morgan fingerprint density at radius 2 is 0.826 bits per heavy atom. The second kappa shape index (κ2) is 26.5. The number of nitrogens with one attached hydrogen (secondary N) is 7. The maximum Gasteiger partial charge on any atom is 0.255 e. The van der Waals surface area contributed by atoms with Gasteiger partial charge in [-0.3, -0.25) is 29.4 Å². The zero-order valence-electron chi connectivity index (χ0n) is 54.1. The van der Waals surface area contributed by atoms with E-state index in [0.29, 0.717) is 67.7 Å². The summed E-state index contributed by atoms with van der Waals surface area (Å²) in [7, 11) is 0. The molecule has 0 unspecified atom stereocenters. The second-order valence-electron chi connectivity index (χ2n) is 26.6. The number of nitrogens with two attached hydrogens (primary N) is 3. The standard InChI is InChI=1S/C19H20N2O2.2C18H20N4O.C17H19N5O/c1-12-5-7-13(8-6-12)17(22)21-14-9-15-16(19(2,3)4)11-23-18(15)20-10-14;1-18(2,3)15-10-21-16-14(15)8-13(9-20-16)22-17(23)11-4-6-12(19)7-5-11;1-18(2,3)16-14-10-13(8-9-15(14)21-22-16)20-17(23)11-4-6-12(19)7-5-11;1-17(2,3)14-13-8-12(9-19-15(13)22-21-14)20-16(23)10-4-6-11(18)7-5-10/h5-11H,1-4H3,(H,21,22);4-10H,19H2,1-3H3,(H,20,21)(H,22,23);4-10H,19H2,1-3H3,(H,20,23)(H,21,22);4-9H,18H2,1-3H3,(H,20,23)(H,19,21,22). The number of pyridine rings is 3.